The SMILES string of the molecule is CC(C)Cn1c(CBr)nnc1C1OCCC1C. The van der Waals surface area contributed by atoms with Crippen LogP contribution in [0.15, 0.2) is 0 Å². The topological polar surface area (TPSA) is 39.9 Å². The molecule has 17 heavy (non-hydrogen) atoms. The minimum Gasteiger partial charge on any atom is -0.370 e. The third-order valence-electron chi connectivity index (χ3n) is 3.17. The van der Waals surface area contributed by atoms with Crippen molar-refractivity contribution in [2.24, 2.45) is 11.8 Å². The van der Waals surface area contributed by atoms with Crippen molar-refractivity contribution < 1.29 is 4.74 Å². The molecule has 4 nitrogen and oxygen atoms in total. The molecular formula is C12H20BrN3O. The van der Waals surface area contributed by atoms with Gasteiger partial charge in [-0.15, -0.1) is 10.2 Å². The molecule has 0 N–H and O–H groups in total. The molecule has 2 unspecified atom stereocenters. The highest BCUT2D eigenvalue weighted by atomic mass is 79.9. The summed E-state index contributed by atoms with van der Waals surface area (Å²) in [7, 11) is 0. The Balaban J connectivity index is 2.29. The average Bonchev–Trinajstić information content (AvgIpc) is 2.84. The summed E-state index contributed by atoms with van der Waals surface area (Å²) in [5, 5.41) is 9.33. The van der Waals surface area contributed by atoms with Gasteiger partial charge in [0.15, 0.2) is 5.82 Å². The molecule has 0 saturated carbocycles. The lowest BCUT2D eigenvalue weighted by Crippen LogP contribution is -2.16. The first kappa shape index (κ1) is 13.0. The van der Waals surface area contributed by atoms with E-state index in [9.17, 15) is 0 Å². The Kier molecular flexibility index (Phi) is 4.20. The van der Waals surface area contributed by atoms with Gasteiger partial charge in [0.2, 0.25) is 0 Å². The fourth-order valence-corrected chi connectivity index (χ4v) is 2.66. The first-order valence-corrected chi connectivity index (χ1v) is 7.35. The highest BCUT2D eigenvalue weighted by molar-refractivity contribution is 9.08. The predicted molar refractivity (Wildman–Crippen MR) is 70.0 cm³/mol. The summed E-state index contributed by atoms with van der Waals surface area (Å²) in [6.45, 7) is 8.43. The lowest BCUT2D eigenvalue weighted by Gasteiger charge is -2.17. The number of ether oxygens (including phenoxy) is 1. The second-order valence-electron chi connectivity index (χ2n) is 5.17. The molecule has 0 radical (unpaired) electrons. The maximum absolute atomic E-state index is 5.79. The van der Waals surface area contributed by atoms with Crippen LogP contribution in [0.1, 0.15) is 44.9 Å². The van der Waals surface area contributed by atoms with Gasteiger partial charge in [0, 0.05) is 13.2 Å². The molecule has 0 amide bonds. The minimum atomic E-state index is 0.119. The number of halogens is 1. The number of nitrogens with zero attached hydrogens (tertiary/aromatic N) is 3. The molecule has 1 aliphatic heterocycles. The first-order valence-electron chi connectivity index (χ1n) is 6.23. The van der Waals surface area contributed by atoms with Gasteiger partial charge in [-0.2, -0.15) is 0 Å². The van der Waals surface area contributed by atoms with Gasteiger partial charge in [-0.3, -0.25) is 0 Å². The number of hydrogen-bond donors (Lipinski definition) is 0. The normalized spacial score (nSPS) is 24.8. The molecule has 2 rings (SSSR count). The molecule has 2 heterocycles. The second kappa shape index (κ2) is 5.48. The van der Waals surface area contributed by atoms with Crippen molar-refractivity contribution in [1.82, 2.24) is 14.8 Å². The lowest BCUT2D eigenvalue weighted by atomic mass is 10.0. The van der Waals surface area contributed by atoms with Crippen LogP contribution < -0.4 is 0 Å². The van der Waals surface area contributed by atoms with Gasteiger partial charge in [0.25, 0.3) is 0 Å². The fraction of sp³-hybridized carbons (Fsp3) is 0.833. The van der Waals surface area contributed by atoms with Crippen LogP contribution in [0.3, 0.4) is 0 Å². The molecule has 1 aliphatic rings. The van der Waals surface area contributed by atoms with Gasteiger partial charge in [0.1, 0.15) is 11.9 Å². The molecule has 2 atom stereocenters. The number of hydrogen-bond acceptors (Lipinski definition) is 3. The third kappa shape index (κ3) is 2.71. The maximum Gasteiger partial charge on any atom is 0.162 e. The number of alkyl halides is 1. The van der Waals surface area contributed by atoms with Crippen LogP contribution >= 0.6 is 15.9 Å². The molecule has 96 valence electrons. The van der Waals surface area contributed by atoms with Crippen LogP contribution in [-0.2, 0) is 16.6 Å². The smallest absolute Gasteiger partial charge is 0.162 e. The zero-order valence-corrected chi connectivity index (χ0v) is 12.3. The van der Waals surface area contributed by atoms with Crippen molar-refractivity contribution in [3.8, 4) is 0 Å². The molecule has 5 heteroatoms. The quantitative estimate of drug-likeness (QED) is 0.803. The Hall–Kier alpha value is -0.420. The molecule has 1 fully saturated rings. The molecule has 1 saturated heterocycles. The maximum atomic E-state index is 5.79. The Morgan fingerprint density at radius 1 is 1.47 bits per heavy atom. The Morgan fingerprint density at radius 3 is 2.76 bits per heavy atom. The van der Waals surface area contributed by atoms with Gasteiger partial charge < -0.3 is 9.30 Å². The standard InChI is InChI=1S/C12H20BrN3O/c1-8(2)7-16-10(6-13)14-15-12(16)11-9(3)4-5-17-11/h8-9,11H,4-7H2,1-3H3. The van der Waals surface area contributed by atoms with Gasteiger partial charge in [-0.1, -0.05) is 36.7 Å². The van der Waals surface area contributed by atoms with Crippen molar-refractivity contribution in [2.75, 3.05) is 6.61 Å². The molecule has 0 aliphatic carbocycles. The van der Waals surface area contributed by atoms with E-state index in [2.05, 4.69) is 51.5 Å². The van der Waals surface area contributed by atoms with Crippen molar-refractivity contribution in [3.63, 3.8) is 0 Å². The van der Waals surface area contributed by atoms with Gasteiger partial charge >= 0.3 is 0 Å². The predicted octanol–water partition coefficient (Wildman–Crippen LogP) is 2.93. The van der Waals surface area contributed by atoms with Crippen molar-refractivity contribution in [1.29, 1.82) is 0 Å². The van der Waals surface area contributed by atoms with E-state index in [1.165, 1.54) is 0 Å². The van der Waals surface area contributed by atoms with E-state index < -0.39 is 0 Å². The Bertz CT molecular complexity index is 378. The van der Waals surface area contributed by atoms with E-state index in [1.54, 1.807) is 0 Å². The zero-order valence-electron chi connectivity index (χ0n) is 10.7. The summed E-state index contributed by atoms with van der Waals surface area (Å²) in [6.07, 6.45) is 1.23. The van der Waals surface area contributed by atoms with Crippen LogP contribution in [0, 0.1) is 11.8 Å². The lowest BCUT2D eigenvalue weighted by molar-refractivity contribution is 0.0832. The highest BCUT2D eigenvalue weighted by Crippen LogP contribution is 2.33. The van der Waals surface area contributed by atoms with Crippen molar-refractivity contribution in [3.05, 3.63) is 11.6 Å². The third-order valence-corrected chi connectivity index (χ3v) is 3.67. The van der Waals surface area contributed by atoms with Crippen LogP contribution in [0.4, 0.5) is 0 Å². The summed E-state index contributed by atoms with van der Waals surface area (Å²) in [5.74, 6) is 3.11. The zero-order chi connectivity index (χ0) is 12.4. The molecule has 0 aromatic carbocycles. The average molecular weight is 302 g/mol. The number of aromatic nitrogens is 3. The van der Waals surface area contributed by atoms with E-state index in [0.717, 1.165) is 36.6 Å². The van der Waals surface area contributed by atoms with E-state index in [-0.39, 0.29) is 6.10 Å². The van der Waals surface area contributed by atoms with E-state index in [1.807, 2.05) is 0 Å². The molecule has 1 aromatic heterocycles. The minimum absolute atomic E-state index is 0.119. The van der Waals surface area contributed by atoms with Crippen molar-refractivity contribution >= 4 is 15.9 Å². The van der Waals surface area contributed by atoms with Crippen LogP contribution in [0.25, 0.3) is 0 Å². The second-order valence-corrected chi connectivity index (χ2v) is 5.73. The van der Waals surface area contributed by atoms with Gasteiger partial charge in [-0.25, -0.2) is 0 Å². The van der Waals surface area contributed by atoms with Crippen molar-refractivity contribution in [2.45, 2.75) is 45.2 Å². The molecular weight excluding hydrogens is 282 g/mol. The molecule has 1 aromatic rings. The number of rotatable bonds is 4. The Labute approximate surface area is 111 Å². The fourth-order valence-electron chi connectivity index (χ4n) is 2.25. The van der Waals surface area contributed by atoms with Crippen LogP contribution in [0.2, 0.25) is 0 Å². The summed E-state index contributed by atoms with van der Waals surface area (Å²) in [6, 6.07) is 0. The Morgan fingerprint density at radius 2 is 2.24 bits per heavy atom. The van der Waals surface area contributed by atoms with E-state index >= 15 is 0 Å². The molecule has 0 bridgehead atoms. The van der Waals surface area contributed by atoms with Gasteiger partial charge in [0.05, 0.1) is 5.33 Å². The summed E-state index contributed by atoms with van der Waals surface area (Å²) in [5.41, 5.74) is 0. The van der Waals surface area contributed by atoms with Crippen LogP contribution in [-0.4, -0.2) is 21.4 Å². The van der Waals surface area contributed by atoms with Gasteiger partial charge in [-0.05, 0) is 18.3 Å². The first-order chi connectivity index (χ1) is 8.13. The largest absolute Gasteiger partial charge is 0.370 e. The highest BCUT2D eigenvalue weighted by Gasteiger charge is 2.31. The summed E-state index contributed by atoms with van der Waals surface area (Å²) >= 11 is 3.47. The van der Waals surface area contributed by atoms with E-state index in [0.29, 0.717) is 11.8 Å². The summed E-state index contributed by atoms with van der Waals surface area (Å²) < 4.78 is 8.01. The van der Waals surface area contributed by atoms with E-state index in [4.69, 9.17) is 4.74 Å². The summed E-state index contributed by atoms with van der Waals surface area (Å²) in [4.78, 5) is 0. The molecule has 0 spiro atoms. The monoisotopic (exact) mass is 301 g/mol. The van der Waals surface area contributed by atoms with Crippen LogP contribution in [0.5, 0.6) is 0 Å².